The summed E-state index contributed by atoms with van der Waals surface area (Å²) in [6, 6.07) is 0.500. The summed E-state index contributed by atoms with van der Waals surface area (Å²) in [5.74, 6) is -0.156. The topological polar surface area (TPSA) is 58.4 Å². The van der Waals surface area contributed by atoms with Gasteiger partial charge in [-0.3, -0.25) is 4.79 Å². The molecule has 1 saturated heterocycles. The fourth-order valence-electron chi connectivity index (χ4n) is 3.10. The maximum Gasteiger partial charge on any atom is 0.237 e. The summed E-state index contributed by atoms with van der Waals surface area (Å²) < 4.78 is 0. The smallest absolute Gasteiger partial charge is 0.237 e. The minimum Gasteiger partial charge on any atom is -0.368 e. The van der Waals surface area contributed by atoms with Gasteiger partial charge in [-0.1, -0.05) is 19.3 Å². The van der Waals surface area contributed by atoms with Gasteiger partial charge >= 0.3 is 0 Å². The van der Waals surface area contributed by atoms with E-state index in [1.165, 1.54) is 32.1 Å². The number of amides is 1. The Kier molecular flexibility index (Phi) is 4.05. The van der Waals surface area contributed by atoms with Crippen LogP contribution in [0.1, 0.15) is 44.9 Å². The van der Waals surface area contributed by atoms with Crippen molar-refractivity contribution in [1.82, 2.24) is 10.2 Å². The van der Waals surface area contributed by atoms with E-state index in [4.69, 9.17) is 5.73 Å². The van der Waals surface area contributed by atoms with Gasteiger partial charge in [-0.2, -0.15) is 0 Å². The molecule has 0 bridgehead atoms. The van der Waals surface area contributed by atoms with E-state index >= 15 is 0 Å². The molecule has 1 amide bonds. The van der Waals surface area contributed by atoms with Gasteiger partial charge in [0.05, 0.1) is 0 Å². The van der Waals surface area contributed by atoms with E-state index in [1.54, 1.807) is 0 Å². The highest BCUT2D eigenvalue weighted by Crippen LogP contribution is 2.26. The second kappa shape index (κ2) is 5.36. The first-order valence-corrected chi connectivity index (χ1v) is 6.88. The molecule has 4 nitrogen and oxygen atoms in total. The van der Waals surface area contributed by atoms with E-state index in [0.29, 0.717) is 6.04 Å². The van der Waals surface area contributed by atoms with Crippen molar-refractivity contribution in [1.29, 1.82) is 0 Å². The fourth-order valence-corrected chi connectivity index (χ4v) is 3.10. The van der Waals surface area contributed by atoms with E-state index in [1.807, 2.05) is 0 Å². The molecule has 3 N–H and O–H groups in total. The van der Waals surface area contributed by atoms with Crippen LogP contribution < -0.4 is 11.1 Å². The molecule has 0 atom stereocenters. The van der Waals surface area contributed by atoms with Crippen LogP contribution in [0, 0.1) is 0 Å². The van der Waals surface area contributed by atoms with Crippen LogP contribution in [0.5, 0.6) is 0 Å². The lowest BCUT2D eigenvalue weighted by Gasteiger charge is -2.42. The summed E-state index contributed by atoms with van der Waals surface area (Å²) in [4.78, 5) is 14.1. The lowest BCUT2D eigenvalue weighted by atomic mass is 9.84. The Morgan fingerprint density at radius 1 is 1.24 bits per heavy atom. The quantitative estimate of drug-likeness (QED) is 0.768. The first kappa shape index (κ1) is 12.8. The van der Waals surface area contributed by atoms with E-state index in [9.17, 15) is 4.79 Å². The van der Waals surface area contributed by atoms with E-state index in [-0.39, 0.29) is 5.91 Å². The molecule has 0 unspecified atom stereocenters. The number of piperidine rings is 1. The highest BCUT2D eigenvalue weighted by atomic mass is 16.1. The molecule has 2 aliphatic rings. The largest absolute Gasteiger partial charge is 0.368 e. The molecule has 0 aromatic carbocycles. The predicted molar refractivity (Wildman–Crippen MR) is 68.7 cm³/mol. The van der Waals surface area contributed by atoms with Crippen LogP contribution in [0.3, 0.4) is 0 Å². The molecule has 2 rings (SSSR count). The Bertz CT molecular complexity index is 266. The molecule has 1 saturated carbocycles. The summed E-state index contributed by atoms with van der Waals surface area (Å²) in [7, 11) is 2.10. The molecule has 17 heavy (non-hydrogen) atoms. The average Bonchev–Trinajstić information content (AvgIpc) is 2.33. The minimum absolute atomic E-state index is 0.156. The summed E-state index contributed by atoms with van der Waals surface area (Å²) in [5, 5.41) is 3.59. The Hall–Kier alpha value is -0.610. The molecule has 0 radical (unpaired) electrons. The molecule has 98 valence electrons. The van der Waals surface area contributed by atoms with E-state index in [0.717, 1.165) is 25.9 Å². The van der Waals surface area contributed by atoms with Gasteiger partial charge in [0.25, 0.3) is 0 Å². The predicted octanol–water partition coefficient (Wildman–Crippen LogP) is 0.858. The van der Waals surface area contributed by atoms with Crippen LogP contribution in [0.4, 0.5) is 0 Å². The minimum atomic E-state index is -0.436. The first-order valence-electron chi connectivity index (χ1n) is 6.88. The number of primary amides is 1. The van der Waals surface area contributed by atoms with Crippen LogP contribution in [0.2, 0.25) is 0 Å². The van der Waals surface area contributed by atoms with Crippen LogP contribution in [0.25, 0.3) is 0 Å². The van der Waals surface area contributed by atoms with Crippen LogP contribution in [-0.4, -0.2) is 42.5 Å². The molecule has 0 aromatic heterocycles. The molecule has 4 heteroatoms. The third kappa shape index (κ3) is 2.99. The zero-order valence-electron chi connectivity index (χ0n) is 10.9. The summed E-state index contributed by atoms with van der Waals surface area (Å²) in [5.41, 5.74) is 5.21. The normalized spacial score (nSPS) is 26.9. The number of nitrogens with zero attached hydrogens (tertiary/aromatic N) is 1. The summed E-state index contributed by atoms with van der Waals surface area (Å²) in [6.45, 7) is 1.92. The Morgan fingerprint density at radius 3 is 2.35 bits per heavy atom. The zero-order valence-corrected chi connectivity index (χ0v) is 10.9. The molecule has 0 aromatic rings. The summed E-state index contributed by atoms with van der Waals surface area (Å²) in [6.07, 6.45) is 8.02. The zero-order chi connectivity index (χ0) is 12.3. The second-order valence-corrected chi connectivity index (χ2v) is 5.73. The third-order valence-electron chi connectivity index (χ3n) is 4.40. The number of nitrogens with one attached hydrogen (secondary N) is 1. The van der Waals surface area contributed by atoms with Crippen LogP contribution in [-0.2, 0) is 4.79 Å². The van der Waals surface area contributed by atoms with Gasteiger partial charge in [0.15, 0.2) is 0 Å². The molecular weight excluding hydrogens is 214 g/mol. The average molecular weight is 239 g/mol. The number of hydrogen-bond acceptors (Lipinski definition) is 3. The number of carbonyl (C=O) groups excluding carboxylic acids is 1. The van der Waals surface area contributed by atoms with Crippen molar-refractivity contribution in [2.45, 2.75) is 56.5 Å². The van der Waals surface area contributed by atoms with E-state index in [2.05, 4.69) is 17.3 Å². The van der Waals surface area contributed by atoms with Gasteiger partial charge < -0.3 is 16.0 Å². The maximum atomic E-state index is 11.8. The van der Waals surface area contributed by atoms with Gasteiger partial charge in [0.2, 0.25) is 5.91 Å². The first-order chi connectivity index (χ1) is 8.12. The van der Waals surface area contributed by atoms with Crippen molar-refractivity contribution in [3.63, 3.8) is 0 Å². The van der Waals surface area contributed by atoms with Crippen LogP contribution in [0.15, 0.2) is 0 Å². The van der Waals surface area contributed by atoms with Gasteiger partial charge in [-0.05, 0) is 32.7 Å². The number of rotatable bonds is 3. The molecular formula is C13H25N3O. The van der Waals surface area contributed by atoms with Crippen molar-refractivity contribution >= 4 is 5.91 Å². The third-order valence-corrected chi connectivity index (χ3v) is 4.40. The fraction of sp³-hybridized carbons (Fsp3) is 0.923. The molecule has 0 spiro atoms. The van der Waals surface area contributed by atoms with Crippen molar-refractivity contribution < 1.29 is 4.79 Å². The van der Waals surface area contributed by atoms with Crippen molar-refractivity contribution in [2.75, 3.05) is 20.1 Å². The van der Waals surface area contributed by atoms with Crippen molar-refractivity contribution in [3.8, 4) is 0 Å². The maximum absolute atomic E-state index is 11.8. The Balaban J connectivity index is 1.98. The highest BCUT2D eigenvalue weighted by molar-refractivity contribution is 5.84. The Labute approximate surface area is 104 Å². The lowest BCUT2D eigenvalue weighted by molar-refractivity contribution is -0.126. The number of carbonyl (C=O) groups is 1. The van der Waals surface area contributed by atoms with Gasteiger partial charge in [-0.15, -0.1) is 0 Å². The van der Waals surface area contributed by atoms with Crippen LogP contribution >= 0.6 is 0 Å². The van der Waals surface area contributed by atoms with E-state index < -0.39 is 5.54 Å². The van der Waals surface area contributed by atoms with Crippen molar-refractivity contribution in [2.24, 2.45) is 5.73 Å². The SMILES string of the molecule is CN1CCC(NC2CCCCC2)(C(N)=O)CC1. The molecule has 1 aliphatic carbocycles. The monoisotopic (exact) mass is 239 g/mol. The van der Waals surface area contributed by atoms with Gasteiger partial charge in [-0.25, -0.2) is 0 Å². The highest BCUT2D eigenvalue weighted by Gasteiger charge is 2.40. The number of nitrogens with two attached hydrogens (primary N) is 1. The van der Waals surface area contributed by atoms with Gasteiger partial charge in [0, 0.05) is 19.1 Å². The van der Waals surface area contributed by atoms with Crippen molar-refractivity contribution in [3.05, 3.63) is 0 Å². The molecule has 1 heterocycles. The number of hydrogen-bond donors (Lipinski definition) is 2. The Morgan fingerprint density at radius 2 is 1.82 bits per heavy atom. The summed E-state index contributed by atoms with van der Waals surface area (Å²) >= 11 is 0. The second-order valence-electron chi connectivity index (χ2n) is 5.73. The molecule has 2 fully saturated rings. The number of likely N-dealkylation sites (tertiary alicyclic amines) is 1. The lowest BCUT2D eigenvalue weighted by Crippen LogP contribution is -2.63. The standard InChI is InChI=1S/C13H25N3O/c1-16-9-7-13(8-10-16,12(14)17)15-11-5-3-2-4-6-11/h11,15H,2-10H2,1H3,(H2,14,17). The molecule has 1 aliphatic heterocycles. The van der Waals surface area contributed by atoms with Gasteiger partial charge in [0.1, 0.15) is 5.54 Å².